The van der Waals surface area contributed by atoms with Gasteiger partial charge in [-0.15, -0.1) is 0 Å². The van der Waals surface area contributed by atoms with Crippen molar-refractivity contribution in [3.63, 3.8) is 0 Å². The second-order valence-corrected chi connectivity index (χ2v) is 6.89. The molecule has 0 aliphatic carbocycles. The highest BCUT2D eigenvalue weighted by Crippen LogP contribution is 2.25. The summed E-state index contributed by atoms with van der Waals surface area (Å²) < 4.78 is 42.8. The topological polar surface area (TPSA) is 32.8 Å². The van der Waals surface area contributed by atoms with Gasteiger partial charge in [-0.05, 0) is 41.1 Å². The Balaban J connectivity index is 2.69. The lowest BCUT2D eigenvalue weighted by Gasteiger charge is -2.48. The van der Waals surface area contributed by atoms with Gasteiger partial charge in [0.1, 0.15) is 5.60 Å². The van der Waals surface area contributed by atoms with Crippen LogP contribution in [0.5, 0.6) is 0 Å². The molecule has 0 saturated carbocycles. The van der Waals surface area contributed by atoms with E-state index in [0.717, 1.165) is 0 Å². The molecule has 1 heterocycles. The third-order valence-electron chi connectivity index (χ3n) is 3.06. The average molecular weight is 295 g/mol. The Morgan fingerprint density at radius 1 is 1.25 bits per heavy atom. The van der Waals surface area contributed by atoms with Crippen molar-refractivity contribution in [2.45, 2.75) is 45.8 Å². The first-order chi connectivity index (χ1) is 8.80. The molecule has 1 saturated heterocycles. The maximum absolute atomic E-state index is 12.5. The molecule has 1 aliphatic rings. The number of carbonyl (C=O) groups is 1. The van der Waals surface area contributed by atoms with Crippen LogP contribution in [0.3, 0.4) is 0 Å². The minimum Gasteiger partial charge on any atom is -0.448 e. The predicted octanol–water partition coefficient (Wildman–Crippen LogP) is 2.70. The fourth-order valence-electron chi connectivity index (χ4n) is 2.36. The molecule has 0 radical (unpaired) electrons. The van der Waals surface area contributed by atoms with E-state index in [4.69, 9.17) is 4.74 Å². The van der Waals surface area contributed by atoms with Crippen molar-refractivity contribution in [3.05, 3.63) is 0 Å². The first-order valence-electron chi connectivity index (χ1n) is 6.74. The van der Waals surface area contributed by atoms with E-state index in [2.05, 4.69) is 0 Å². The van der Waals surface area contributed by atoms with Crippen molar-refractivity contribution >= 4 is 13.1 Å². The normalized spacial score (nSPS) is 20.9. The van der Waals surface area contributed by atoms with Gasteiger partial charge in [-0.3, -0.25) is 0 Å². The number of ether oxygens (including phenoxy) is 1. The summed E-state index contributed by atoms with van der Waals surface area (Å²) in [6, 6.07) is 0. The van der Waals surface area contributed by atoms with Crippen LogP contribution < -0.4 is 0 Å². The number of amides is 1. The van der Waals surface area contributed by atoms with E-state index in [-0.39, 0.29) is 19.6 Å². The summed E-state index contributed by atoms with van der Waals surface area (Å²) in [4.78, 5) is 14.9. The molecular formula is C12H23BF3N2O2-. The molecule has 118 valence electrons. The van der Waals surface area contributed by atoms with Crippen LogP contribution in [0, 0.1) is 0 Å². The summed E-state index contributed by atoms with van der Waals surface area (Å²) in [6.45, 7) is 4.61. The fourth-order valence-corrected chi connectivity index (χ4v) is 2.36. The first-order valence-corrected chi connectivity index (χ1v) is 6.74. The van der Waals surface area contributed by atoms with Gasteiger partial charge in [0.05, 0.1) is 5.54 Å². The third kappa shape index (κ3) is 5.23. The summed E-state index contributed by atoms with van der Waals surface area (Å²) in [5.74, 6) is 0. The van der Waals surface area contributed by atoms with Crippen molar-refractivity contribution in [2.24, 2.45) is 0 Å². The Kier molecular flexibility index (Phi) is 4.68. The zero-order chi connectivity index (χ0) is 15.8. The highest BCUT2D eigenvalue weighted by atomic mass is 19.4. The van der Waals surface area contributed by atoms with Crippen molar-refractivity contribution in [1.82, 2.24) is 9.80 Å². The van der Waals surface area contributed by atoms with Gasteiger partial charge in [0.15, 0.2) is 0 Å². The lowest BCUT2D eigenvalue weighted by Crippen LogP contribution is -2.63. The molecule has 1 rings (SSSR count). The molecule has 1 aliphatic heterocycles. The molecule has 8 heteroatoms. The van der Waals surface area contributed by atoms with E-state index >= 15 is 0 Å². The average Bonchev–Trinajstić information content (AvgIpc) is 2.09. The zero-order valence-corrected chi connectivity index (χ0v) is 12.8. The third-order valence-corrected chi connectivity index (χ3v) is 3.06. The number of carbonyl (C=O) groups excluding carboxylic acids is 1. The van der Waals surface area contributed by atoms with Gasteiger partial charge in [-0.2, -0.15) is 0 Å². The second kappa shape index (κ2) is 5.46. The molecule has 0 spiro atoms. The number of piperazine rings is 1. The molecule has 0 aromatic rings. The highest BCUT2D eigenvalue weighted by molar-refractivity contribution is 6.58. The molecule has 1 fully saturated rings. The zero-order valence-electron chi connectivity index (χ0n) is 12.8. The summed E-state index contributed by atoms with van der Waals surface area (Å²) >= 11 is 0. The van der Waals surface area contributed by atoms with Crippen LogP contribution in [0.2, 0.25) is 0 Å². The number of rotatable bonds is 2. The van der Waals surface area contributed by atoms with Gasteiger partial charge in [-0.25, -0.2) is 4.79 Å². The van der Waals surface area contributed by atoms with E-state index in [1.165, 1.54) is 9.80 Å². The molecule has 4 nitrogen and oxygen atoms in total. The number of nitrogens with zero attached hydrogens (tertiary/aromatic N) is 2. The fraction of sp³-hybridized carbons (Fsp3) is 0.917. The van der Waals surface area contributed by atoms with Crippen LogP contribution in [0.1, 0.15) is 34.6 Å². The van der Waals surface area contributed by atoms with Crippen LogP contribution in [0.15, 0.2) is 0 Å². The SMILES string of the molecule is CC(C)(C)OC(=O)N1CCN(C[B-](F)(F)F)CC1(C)C. The smallest absolute Gasteiger partial charge is 0.448 e. The second-order valence-electron chi connectivity index (χ2n) is 6.89. The molecule has 0 aromatic heterocycles. The van der Waals surface area contributed by atoms with Gasteiger partial charge in [-0.1, -0.05) is 0 Å². The molecule has 0 unspecified atom stereocenters. The Morgan fingerprint density at radius 2 is 1.80 bits per heavy atom. The summed E-state index contributed by atoms with van der Waals surface area (Å²) in [5, 5.41) is 0. The maximum Gasteiger partial charge on any atom is 0.492 e. The minimum absolute atomic E-state index is 0.188. The Bertz CT molecular complexity index is 367. The van der Waals surface area contributed by atoms with Crippen LogP contribution >= 0.6 is 0 Å². The van der Waals surface area contributed by atoms with Crippen molar-refractivity contribution in [2.75, 3.05) is 26.1 Å². The Hall–Kier alpha value is -0.915. The Labute approximate surface area is 118 Å². The predicted molar refractivity (Wildman–Crippen MR) is 72.5 cm³/mol. The van der Waals surface area contributed by atoms with Crippen LogP contribution in [0.25, 0.3) is 0 Å². The van der Waals surface area contributed by atoms with Gasteiger partial charge < -0.3 is 27.5 Å². The molecule has 1 amide bonds. The largest absolute Gasteiger partial charge is 0.492 e. The van der Waals surface area contributed by atoms with Gasteiger partial charge in [0.25, 0.3) is 0 Å². The molecular weight excluding hydrogens is 272 g/mol. The van der Waals surface area contributed by atoms with E-state index in [1.807, 2.05) is 0 Å². The summed E-state index contributed by atoms with van der Waals surface area (Å²) in [7, 11) is 0. The molecule has 0 atom stereocenters. The van der Waals surface area contributed by atoms with Gasteiger partial charge >= 0.3 is 13.1 Å². The lowest BCUT2D eigenvalue weighted by atomic mass is 9.88. The maximum atomic E-state index is 12.5. The molecule has 0 N–H and O–H groups in total. The molecule has 0 bridgehead atoms. The number of hydrogen-bond donors (Lipinski definition) is 0. The van der Waals surface area contributed by atoms with E-state index < -0.39 is 30.7 Å². The number of hydrogen-bond acceptors (Lipinski definition) is 3. The van der Waals surface area contributed by atoms with Crippen molar-refractivity contribution in [3.8, 4) is 0 Å². The van der Waals surface area contributed by atoms with Crippen molar-refractivity contribution < 1.29 is 22.5 Å². The first kappa shape index (κ1) is 17.1. The van der Waals surface area contributed by atoms with Crippen LogP contribution in [-0.4, -0.2) is 60.1 Å². The van der Waals surface area contributed by atoms with E-state index in [0.29, 0.717) is 0 Å². The van der Waals surface area contributed by atoms with E-state index in [1.54, 1.807) is 34.6 Å². The standard InChI is InChI=1S/C12H23BF3N2O2/c1-11(2,3)20-10(19)18-7-6-17(8-12(18,4)5)9-13(14,15)16/h6-9H2,1-5H3/q-1. The van der Waals surface area contributed by atoms with Crippen molar-refractivity contribution in [1.29, 1.82) is 0 Å². The van der Waals surface area contributed by atoms with E-state index in [9.17, 15) is 17.7 Å². The highest BCUT2D eigenvalue weighted by Gasteiger charge is 2.40. The molecule has 20 heavy (non-hydrogen) atoms. The lowest BCUT2D eigenvalue weighted by molar-refractivity contribution is -0.0212. The van der Waals surface area contributed by atoms with Crippen LogP contribution in [0.4, 0.5) is 17.7 Å². The summed E-state index contributed by atoms with van der Waals surface area (Å²) in [6.07, 6.45) is -1.36. The monoisotopic (exact) mass is 295 g/mol. The minimum atomic E-state index is -4.84. The van der Waals surface area contributed by atoms with Gasteiger partial charge in [0, 0.05) is 19.6 Å². The summed E-state index contributed by atoms with van der Waals surface area (Å²) in [5.41, 5.74) is -1.29. The van der Waals surface area contributed by atoms with Gasteiger partial charge in [0.2, 0.25) is 0 Å². The van der Waals surface area contributed by atoms with Crippen LogP contribution in [-0.2, 0) is 4.74 Å². The molecule has 0 aromatic carbocycles. The Morgan fingerprint density at radius 3 is 2.20 bits per heavy atom. The quantitative estimate of drug-likeness (QED) is 0.734. The number of halogens is 3.